The summed E-state index contributed by atoms with van der Waals surface area (Å²) in [5.41, 5.74) is 1.00. The molecule has 4 amide bonds. The molecule has 1 aliphatic heterocycles. The summed E-state index contributed by atoms with van der Waals surface area (Å²) in [5, 5.41) is 2.21. The Morgan fingerprint density at radius 1 is 1.08 bits per heavy atom. The van der Waals surface area contributed by atoms with Gasteiger partial charge in [-0.25, -0.2) is 9.69 Å². The highest BCUT2D eigenvalue weighted by Gasteiger charge is 2.36. The van der Waals surface area contributed by atoms with E-state index in [2.05, 4.69) is 21.2 Å². The van der Waals surface area contributed by atoms with Crippen LogP contribution in [0.1, 0.15) is 5.56 Å². The van der Waals surface area contributed by atoms with Crippen LogP contribution >= 0.6 is 27.7 Å². The van der Waals surface area contributed by atoms with E-state index in [1.807, 2.05) is 30.5 Å². The zero-order valence-corrected chi connectivity index (χ0v) is 15.6. The lowest BCUT2D eigenvalue weighted by Crippen LogP contribution is -2.54. The molecule has 2 aromatic rings. The summed E-state index contributed by atoms with van der Waals surface area (Å²) in [5.74, 6) is -1.35. The first-order valence-electron chi connectivity index (χ1n) is 7.30. The van der Waals surface area contributed by atoms with E-state index in [-0.39, 0.29) is 5.57 Å². The molecule has 1 N–H and O–H groups in total. The van der Waals surface area contributed by atoms with Gasteiger partial charge in [-0.1, -0.05) is 34.1 Å². The number of rotatable bonds is 3. The maximum Gasteiger partial charge on any atom is 0.335 e. The van der Waals surface area contributed by atoms with Crippen molar-refractivity contribution in [2.24, 2.45) is 0 Å². The van der Waals surface area contributed by atoms with Gasteiger partial charge in [-0.05, 0) is 48.2 Å². The number of nitrogens with zero attached hydrogens (tertiary/aromatic N) is 1. The number of carbonyl (C=O) groups is 3. The Bertz CT molecular complexity index is 893. The third kappa shape index (κ3) is 3.67. The van der Waals surface area contributed by atoms with Crippen LogP contribution < -0.4 is 10.2 Å². The molecule has 0 atom stereocenters. The number of urea groups is 1. The van der Waals surface area contributed by atoms with Crippen LogP contribution in [0.15, 0.2) is 63.5 Å². The molecule has 0 radical (unpaired) electrons. The molecule has 1 aliphatic rings. The van der Waals surface area contributed by atoms with Gasteiger partial charge in [-0.3, -0.25) is 14.9 Å². The average Bonchev–Trinajstić information content (AvgIpc) is 2.59. The van der Waals surface area contributed by atoms with Crippen LogP contribution in [0, 0.1) is 0 Å². The molecule has 0 aliphatic carbocycles. The van der Waals surface area contributed by atoms with Crippen LogP contribution in [-0.4, -0.2) is 24.1 Å². The SMILES string of the molecule is CSc1ccc(/C=C2\C(=O)NC(=O)N(c3cccc(Br)c3)C2=O)cc1. The molecule has 0 unspecified atom stereocenters. The molecule has 5 nitrogen and oxygen atoms in total. The summed E-state index contributed by atoms with van der Waals surface area (Å²) in [6, 6.07) is 13.4. The fraction of sp³-hybridized carbons (Fsp3) is 0.0556. The van der Waals surface area contributed by atoms with Crippen LogP contribution in [-0.2, 0) is 9.59 Å². The second kappa shape index (κ2) is 7.25. The third-order valence-electron chi connectivity index (χ3n) is 3.59. The van der Waals surface area contributed by atoms with Crippen LogP contribution in [0.25, 0.3) is 6.08 Å². The second-order valence-corrected chi connectivity index (χ2v) is 7.01. The van der Waals surface area contributed by atoms with Crippen LogP contribution in [0.3, 0.4) is 0 Å². The fourth-order valence-electron chi connectivity index (χ4n) is 2.37. The number of halogens is 1. The molecule has 2 aromatic carbocycles. The molecule has 3 rings (SSSR count). The van der Waals surface area contributed by atoms with Crippen molar-refractivity contribution in [3.8, 4) is 0 Å². The number of hydrogen-bond acceptors (Lipinski definition) is 4. The predicted octanol–water partition coefficient (Wildman–Crippen LogP) is 3.84. The van der Waals surface area contributed by atoms with Crippen LogP contribution in [0.4, 0.5) is 10.5 Å². The summed E-state index contributed by atoms with van der Waals surface area (Å²) in [4.78, 5) is 39.0. The van der Waals surface area contributed by atoms with Crippen molar-refractivity contribution >= 4 is 57.3 Å². The molecule has 0 saturated carbocycles. The van der Waals surface area contributed by atoms with Crippen LogP contribution in [0.2, 0.25) is 0 Å². The Hall–Kier alpha value is -2.38. The summed E-state index contributed by atoms with van der Waals surface area (Å²) in [6.07, 6.45) is 3.45. The predicted molar refractivity (Wildman–Crippen MR) is 101 cm³/mol. The monoisotopic (exact) mass is 416 g/mol. The third-order valence-corrected chi connectivity index (χ3v) is 4.83. The van der Waals surface area contributed by atoms with E-state index in [0.717, 1.165) is 14.3 Å². The maximum atomic E-state index is 12.7. The van der Waals surface area contributed by atoms with Crippen molar-refractivity contribution in [3.05, 3.63) is 64.1 Å². The molecule has 126 valence electrons. The van der Waals surface area contributed by atoms with Crippen molar-refractivity contribution < 1.29 is 14.4 Å². The number of anilines is 1. The standard InChI is InChI=1S/C18H13BrN2O3S/c1-25-14-7-5-11(6-8-14)9-15-16(22)20-18(24)21(17(15)23)13-4-2-3-12(19)10-13/h2-10H,1H3,(H,20,22,24)/b15-9+. The molecule has 0 aromatic heterocycles. The number of benzene rings is 2. The van der Waals surface area contributed by atoms with E-state index in [1.54, 1.807) is 36.0 Å². The van der Waals surface area contributed by atoms with Gasteiger partial charge in [0.25, 0.3) is 11.8 Å². The second-order valence-electron chi connectivity index (χ2n) is 5.21. The first kappa shape index (κ1) is 17.4. The lowest BCUT2D eigenvalue weighted by atomic mass is 10.1. The van der Waals surface area contributed by atoms with Gasteiger partial charge in [0.05, 0.1) is 5.69 Å². The quantitative estimate of drug-likeness (QED) is 0.468. The molecular formula is C18H13BrN2O3S. The number of barbiturate groups is 1. The Labute approximate surface area is 157 Å². The van der Waals surface area contributed by atoms with Crippen molar-refractivity contribution in [1.29, 1.82) is 0 Å². The van der Waals surface area contributed by atoms with Gasteiger partial charge >= 0.3 is 6.03 Å². The van der Waals surface area contributed by atoms with Crippen molar-refractivity contribution in [2.75, 3.05) is 11.2 Å². The Morgan fingerprint density at radius 3 is 2.44 bits per heavy atom. The normalized spacial score (nSPS) is 16.3. The first-order valence-corrected chi connectivity index (χ1v) is 9.32. The molecule has 1 fully saturated rings. The number of carbonyl (C=O) groups excluding carboxylic acids is 3. The van der Waals surface area contributed by atoms with E-state index in [1.165, 1.54) is 6.08 Å². The highest BCUT2D eigenvalue weighted by atomic mass is 79.9. The van der Waals surface area contributed by atoms with Gasteiger partial charge < -0.3 is 0 Å². The molecule has 1 saturated heterocycles. The van der Waals surface area contributed by atoms with Gasteiger partial charge in [0.15, 0.2) is 0 Å². The summed E-state index contributed by atoms with van der Waals surface area (Å²) >= 11 is 4.91. The molecule has 25 heavy (non-hydrogen) atoms. The average molecular weight is 417 g/mol. The summed E-state index contributed by atoms with van der Waals surface area (Å²) < 4.78 is 0.723. The smallest absolute Gasteiger partial charge is 0.273 e. The highest BCUT2D eigenvalue weighted by Crippen LogP contribution is 2.25. The topological polar surface area (TPSA) is 66.5 Å². The molecule has 0 spiro atoms. The lowest BCUT2D eigenvalue weighted by molar-refractivity contribution is -0.122. The summed E-state index contributed by atoms with van der Waals surface area (Å²) in [7, 11) is 0. The van der Waals surface area contributed by atoms with Crippen molar-refractivity contribution in [1.82, 2.24) is 5.32 Å². The van der Waals surface area contributed by atoms with Gasteiger partial charge in [-0.15, -0.1) is 11.8 Å². The minimum Gasteiger partial charge on any atom is -0.273 e. The summed E-state index contributed by atoms with van der Waals surface area (Å²) in [6.45, 7) is 0. The number of imide groups is 2. The van der Waals surface area contributed by atoms with E-state index >= 15 is 0 Å². The van der Waals surface area contributed by atoms with Crippen molar-refractivity contribution in [3.63, 3.8) is 0 Å². The number of hydrogen-bond donors (Lipinski definition) is 1. The van der Waals surface area contributed by atoms with Crippen molar-refractivity contribution in [2.45, 2.75) is 4.90 Å². The first-order chi connectivity index (χ1) is 12.0. The Balaban J connectivity index is 1.98. The van der Waals surface area contributed by atoms with Gasteiger partial charge in [0.2, 0.25) is 0 Å². The lowest BCUT2D eigenvalue weighted by Gasteiger charge is -2.26. The molecule has 0 bridgehead atoms. The van der Waals surface area contributed by atoms with E-state index < -0.39 is 17.8 Å². The minimum absolute atomic E-state index is 0.0866. The van der Waals surface area contributed by atoms with E-state index in [9.17, 15) is 14.4 Å². The molecule has 1 heterocycles. The largest absolute Gasteiger partial charge is 0.335 e. The zero-order valence-electron chi connectivity index (χ0n) is 13.2. The van der Waals surface area contributed by atoms with Gasteiger partial charge in [0.1, 0.15) is 5.57 Å². The number of amides is 4. The molecular weight excluding hydrogens is 404 g/mol. The minimum atomic E-state index is -0.761. The number of thioether (sulfide) groups is 1. The highest BCUT2D eigenvalue weighted by molar-refractivity contribution is 9.10. The van der Waals surface area contributed by atoms with E-state index in [0.29, 0.717) is 11.3 Å². The zero-order chi connectivity index (χ0) is 18.0. The maximum absolute atomic E-state index is 12.7. The van der Waals surface area contributed by atoms with Gasteiger partial charge in [0, 0.05) is 9.37 Å². The van der Waals surface area contributed by atoms with Crippen LogP contribution in [0.5, 0.6) is 0 Å². The Morgan fingerprint density at radius 2 is 1.80 bits per heavy atom. The van der Waals surface area contributed by atoms with E-state index in [4.69, 9.17) is 0 Å². The van der Waals surface area contributed by atoms with Gasteiger partial charge in [-0.2, -0.15) is 0 Å². The Kier molecular flexibility index (Phi) is 5.06. The number of nitrogens with one attached hydrogen (secondary N) is 1. The molecule has 7 heteroatoms. The fourth-order valence-corrected chi connectivity index (χ4v) is 3.17.